The van der Waals surface area contributed by atoms with Crippen molar-refractivity contribution in [2.75, 3.05) is 13.2 Å². The summed E-state index contributed by atoms with van der Waals surface area (Å²) in [5, 5.41) is 1.15. The average Bonchev–Trinajstić information content (AvgIpc) is 2.52. The largest absolute Gasteiger partial charge is 0.449 e. The van der Waals surface area contributed by atoms with Gasteiger partial charge in [0.05, 0.1) is 19.3 Å². The van der Waals surface area contributed by atoms with Crippen LogP contribution < -0.4 is 5.43 Å². The minimum atomic E-state index is -0.686. The molecule has 6 nitrogen and oxygen atoms in total. The zero-order valence-corrected chi connectivity index (χ0v) is 14.6. The van der Waals surface area contributed by atoms with Crippen LogP contribution in [0, 0.1) is 0 Å². The number of hydrazine groups is 1. The first kappa shape index (κ1) is 21.1. The van der Waals surface area contributed by atoms with Crippen LogP contribution in [0.4, 0.5) is 9.59 Å². The first-order valence-corrected chi connectivity index (χ1v) is 8.35. The molecule has 0 radical (unpaired) electrons. The van der Waals surface area contributed by atoms with Crippen LogP contribution in [-0.2, 0) is 9.47 Å². The molecule has 0 fully saturated rings. The van der Waals surface area contributed by atoms with Gasteiger partial charge in [-0.25, -0.2) is 20.0 Å². The third kappa shape index (κ3) is 9.63. The summed E-state index contributed by atoms with van der Waals surface area (Å²) in [6.45, 7) is 9.58. The molecular formula is C17H30N2O4. The molecule has 0 aromatic carbocycles. The Bertz CT molecular complexity index is 392. The summed E-state index contributed by atoms with van der Waals surface area (Å²) < 4.78 is 9.84. The zero-order chi connectivity index (χ0) is 17.5. The van der Waals surface area contributed by atoms with Gasteiger partial charge in [-0.15, -0.1) is 5.73 Å². The summed E-state index contributed by atoms with van der Waals surface area (Å²) >= 11 is 0. The minimum absolute atomic E-state index is 0.223. The van der Waals surface area contributed by atoms with E-state index in [2.05, 4.69) is 24.7 Å². The molecule has 0 rings (SSSR count). The quantitative estimate of drug-likeness (QED) is 0.371. The third-order valence-corrected chi connectivity index (χ3v) is 3.20. The van der Waals surface area contributed by atoms with Crippen LogP contribution in [0.2, 0.25) is 0 Å². The highest BCUT2D eigenvalue weighted by Crippen LogP contribution is 2.13. The number of rotatable bonds is 10. The molecule has 0 spiro atoms. The van der Waals surface area contributed by atoms with Crippen LogP contribution in [0.25, 0.3) is 0 Å². The van der Waals surface area contributed by atoms with Crippen LogP contribution in [0.3, 0.4) is 0 Å². The lowest BCUT2D eigenvalue weighted by Crippen LogP contribution is -2.51. The highest BCUT2D eigenvalue weighted by molar-refractivity contribution is 5.74. The van der Waals surface area contributed by atoms with Gasteiger partial charge in [0.25, 0.3) is 0 Å². The lowest BCUT2D eigenvalue weighted by molar-refractivity contribution is 0.0615. The average molecular weight is 326 g/mol. The molecule has 0 aliphatic rings. The molecule has 1 atom stereocenters. The number of carbonyl (C=O) groups is 2. The molecule has 1 N–H and O–H groups in total. The van der Waals surface area contributed by atoms with E-state index >= 15 is 0 Å². The summed E-state index contributed by atoms with van der Waals surface area (Å²) in [7, 11) is 0. The van der Waals surface area contributed by atoms with Gasteiger partial charge in [0, 0.05) is 0 Å². The fourth-order valence-electron chi connectivity index (χ4n) is 2.10. The van der Waals surface area contributed by atoms with E-state index in [4.69, 9.17) is 9.47 Å². The first-order valence-electron chi connectivity index (χ1n) is 8.35. The fourth-order valence-corrected chi connectivity index (χ4v) is 2.10. The van der Waals surface area contributed by atoms with Crippen LogP contribution >= 0.6 is 0 Å². The molecule has 0 saturated heterocycles. The second-order valence-electron chi connectivity index (χ2n) is 5.04. The van der Waals surface area contributed by atoms with E-state index in [9.17, 15) is 9.59 Å². The summed E-state index contributed by atoms with van der Waals surface area (Å²) in [6, 6.07) is -0.363. The Balaban J connectivity index is 4.82. The predicted molar refractivity (Wildman–Crippen MR) is 89.9 cm³/mol. The van der Waals surface area contributed by atoms with Crippen molar-refractivity contribution in [2.45, 2.75) is 65.3 Å². The number of unbranched alkanes of at least 4 members (excludes halogenated alkanes) is 4. The van der Waals surface area contributed by atoms with Crippen molar-refractivity contribution in [1.82, 2.24) is 10.4 Å². The SMILES string of the molecule is C=C=C[C@H](CCCCCCC)N(NC(=O)OCC)C(=O)OCC. The summed E-state index contributed by atoms with van der Waals surface area (Å²) in [5.41, 5.74) is 5.12. The Hall–Kier alpha value is -1.94. The maximum absolute atomic E-state index is 12.1. The molecule has 0 aromatic rings. The van der Waals surface area contributed by atoms with E-state index in [-0.39, 0.29) is 19.3 Å². The van der Waals surface area contributed by atoms with Gasteiger partial charge in [-0.05, 0) is 26.3 Å². The lowest BCUT2D eigenvalue weighted by atomic mass is 10.1. The van der Waals surface area contributed by atoms with Gasteiger partial charge in [0.1, 0.15) is 0 Å². The first-order chi connectivity index (χ1) is 11.1. The number of hydrogen-bond donors (Lipinski definition) is 1. The molecule has 0 aromatic heterocycles. The molecule has 0 aliphatic carbocycles. The normalized spacial score (nSPS) is 11.1. The molecular weight excluding hydrogens is 296 g/mol. The highest BCUT2D eigenvalue weighted by atomic mass is 16.6. The molecule has 0 bridgehead atoms. The third-order valence-electron chi connectivity index (χ3n) is 3.20. The van der Waals surface area contributed by atoms with E-state index in [0.717, 1.165) is 24.3 Å². The zero-order valence-electron chi connectivity index (χ0n) is 14.6. The summed E-state index contributed by atoms with van der Waals surface area (Å²) in [6.07, 6.45) is 6.58. The van der Waals surface area contributed by atoms with Crippen molar-refractivity contribution in [3.05, 3.63) is 18.4 Å². The van der Waals surface area contributed by atoms with Crippen LogP contribution in [-0.4, -0.2) is 36.5 Å². The van der Waals surface area contributed by atoms with Gasteiger partial charge >= 0.3 is 12.2 Å². The monoisotopic (exact) mass is 326 g/mol. The second-order valence-corrected chi connectivity index (χ2v) is 5.04. The second kappa shape index (κ2) is 13.7. The molecule has 132 valence electrons. The lowest BCUT2D eigenvalue weighted by Gasteiger charge is -2.28. The standard InChI is InChI=1S/C17H30N2O4/c1-5-9-10-11-12-14-15(13-6-2)19(17(21)23-8-4)18-16(20)22-7-3/h13,15H,2,5,7-12,14H2,1,3-4H3,(H,18,20)/t15-/m1/s1. The molecule has 0 heterocycles. The Kier molecular flexibility index (Phi) is 12.5. The Morgan fingerprint density at radius 1 is 1.13 bits per heavy atom. The minimum Gasteiger partial charge on any atom is -0.449 e. The number of amides is 2. The maximum atomic E-state index is 12.1. The van der Waals surface area contributed by atoms with E-state index < -0.39 is 12.2 Å². The van der Waals surface area contributed by atoms with Crippen molar-refractivity contribution in [3.8, 4) is 0 Å². The van der Waals surface area contributed by atoms with Crippen molar-refractivity contribution in [3.63, 3.8) is 0 Å². The van der Waals surface area contributed by atoms with Gasteiger partial charge in [0.15, 0.2) is 0 Å². The number of nitrogens with zero attached hydrogens (tertiary/aromatic N) is 1. The Morgan fingerprint density at radius 3 is 2.35 bits per heavy atom. The van der Waals surface area contributed by atoms with E-state index in [1.165, 1.54) is 12.8 Å². The van der Waals surface area contributed by atoms with Crippen LogP contribution in [0.15, 0.2) is 18.4 Å². The van der Waals surface area contributed by atoms with Gasteiger partial charge in [-0.2, -0.15) is 0 Å². The van der Waals surface area contributed by atoms with Gasteiger partial charge in [0.2, 0.25) is 0 Å². The molecule has 6 heteroatoms. The van der Waals surface area contributed by atoms with E-state index in [1.807, 2.05) is 0 Å². The summed E-state index contributed by atoms with van der Waals surface area (Å²) in [5.74, 6) is 0. The van der Waals surface area contributed by atoms with Crippen LogP contribution in [0.1, 0.15) is 59.3 Å². The van der Waals surface area contributed by atoms with Gasteiger partial charge < -0.3 is 9.47 Å². The number of nitrogens with one attached hydrogen (secondary N) is 1. The topological polar surface area (TPSA) is 67.9 Å². The van der Waals surface area contributed by atoms with Crippen molar-refractivity contribution >= 4 is 12.2 Å². The molecule has 0 aliphatic heterocycles. The van der Waals surface area contributed by atoms with E-state index in [0.29, 0.717) is 6.42 Å². The van der Waals surface area contributed by atoms with Crippen LogP contribution in [0.5, 0.6) is 0 Å². The number of ether oxygens (including phenoxy) is 2. The summed E-state index contributed by atoms with van der Waals surface area (Å²) in [4.78, 5) is 23.8. The molecule has 2 amide bonds. The molecule has 0 saturated carbocycles. The van der Waals surface area contributed by atoms with Crippen molar-refractivity contribution in [2.24, 2.45) is 0 Å². The van der Waals surface area contributed by atoms with Gasteiger partial charge in [-0.3, -0.25) is 0 Å². The van der Waals surface area contributed by atoms with Crippen molar-refractivity contribution < 1.29 is 19.1 Å². The smallest absolute Gasteiger partial charge is 0.429 e. The maximum Gasteiger partial charge on any atom is 0.429 e. The predicted octanol–water partition coefficient (Wildman–Crippen LogP) is 4.18. The number of carbonyl (C=O) groups excluding carboxylic acids is 2. The van der Waals surface area contributed by atoms with Crippen molar-refractivity contribution in [1.29, 1.82) is 0 Å². The molecule has 0 unspecified atom stereocenters. The Labute approximate surface area is 139 Å². The fraction of sp³-hybridized carbons (Fsp3) is 0.706. The van der Waals surface area contributed by atoms with E-state index in [1.54, 1.807) is 19.9 Å². The van der Waals surface area contributed by atoms with Gasteiger partial charge in [-0.1, -0.05) is 45.6 Å². The highest BCUT2D eigenvalue weighted by Gasteiger charge is 2.25. The Morgan fingerprint density at radius 2 is 1.78 bits per heavy atom. The number of hydrogen-bond acceptors (Lipinski definition) is 4. The molecule has 23 heavy (non-hydrogen) atoms.